The zero-order valence-electron chi connectivity index (χ0n) is 51.4. The van der Waals surface area contributed by atoms with Crippen LogP contribution in [-0.4, -0.2) is 191 Å². The summed E-state index contributed by atoms with van der Waals surface area (Å²) in [6.07, 6.45) is 9.44. The van der Waals surface area contributed by atoms with Gasteiger partial charge in [0.05, 0.1) is 52.9 Å². The number of ether oxygens (including phenoxy) is 3. The van der Waals surface area contributed by atoms with Crippen molar-refractivity contribution >= 4 is 51.4 Å². The average molecular weight is 1210 g/mol. The molecule has 87 heavy (non-hydrogen) atoms. The van der Waals surface area contributed by atoms with E-state index in [4.69, 9.17) is 14.2 Å². The molecule has 0 saturated carbocycles. The first-order valence-corrected chi connectivity index (χ1v) is 31.4. The molecule has 21 nitrogen and oxygen atoms in total. The number of amides is 3. The summed E-state index contributed by atoms with van der Waals surface area (Å²) in [5.74, 6) is -1.01. The van der Waals surface area contributed by atoms with Crippen LogP contribution in [0.1, 0.15) is 137 Å². The Morgan fingerprint density at radius 2 is 0.690 bits per heavy atom. The summed E-state index contributed by atoms with van der Waals surface area (Å²) in [5, 5.41) is 0. The molecule has 0 spiro atoms. The number of piperidine rings is 3. The molecule has 3 amide bonds. The molecule has 24 heteroatoms. The molecule has 3 N–H and O–H groups in total. The molecule has 0 bridgehead atoms. The first-order chi connectivity index (χ1) is 41.7. The fourth-order valence-electron chi connectivity index (χ4n) is 14.3. The maximum atomic E-state index is 13.7. The average Bonchev–Trinajstić information content (AvgIpc) is 2.65. The van der Waals surface area contributed by atoms with E-state index in [1.807, 2.05) is 20.8 Å². The van der Waals surface area contributed by atoms with Gasteiger partial charge in [-0.1, -0.05) is 20.8 Å². The van der Waals surface area contributed by atoms with Crippen LogP contribution in [0.15, 0.2) is 69.0 Å². The third kappa shape index (κ3) is 13.7. The number of carbonyl (C=O) groups is 3. The van der Waals surface area contributed by atoms with E-state index in [2.05, 4.69) is 50.4 Å². The van der Waals surface area contributed by atoms with Crippen LogP contribution >= 0.6 is 0 Å². The zero-order chi connectivity index (χ0) is 61.8. The number of fused-ring (bicyclic) bond motifs is 3. The minimum Gasteiger partial charge on any atom is -0.449 e. The van der Waals surface area contributed by atoms with Gasteiger partial charge in [-0.3, -0.25) is 28.4 Å². The van der Waals surface area contributed by atoms with Gasteiger partial charge in [-0.15, -0.1) is 0 Å². The van der Waals surface area contributed by atoms with Crippen LogP contribution in [0.2, 0.25) is 0 Å². The number of imidazole rings is 3. The number of aromatic amines is 3. The third-order valence-electron chi connectivity index (χ3n) is 19.2. The number of hydrogen-bond acceptors (Lipinski definition) is 12. The van der Waals surface area contributed by atoms with Gasteiger partial charge in [0.15, 0.2) is 0 Å². The van der Waals surface area contributed by atoms with Gasteiger partial charge in [0.1, 0.15) is 17.5 Å². The quantitative estimate of drug-likeness (QED) is 0.0979. The molecule has 474 valence electrons. The smallest absolute Gasteiger partial charge is 0.409 e. The molecule has 3 aromatic heterocycles. The largest absolute Gasteiger partial charge is 0.449 e. The van der Waals surface area contributed by atoms with Crippen molar-refractivity contribution in [1.29, 1.82) is 0 Å². The van der Waals surface area contributed by atoms with E-state index in [1.165, 1.54) is 36.4 Å². The van der Waals surface area contributed by atoms with Crippen LogP contribution in [0.3, 0.4) is 0 Å². The van der Waals surface area contributed by atoms with E-state index in [0.717, 1.165) is 116 Å². The number of halogens is 3. The van der Waals surface area contributed by atoms with E-state index in [0.29, 0.717) is 92.2 Å². The van der Waals surface area contributed by atoms with E-state index in [1.54, 1.807) is 46.6 Å². The van der Waals surface area contributed by atoms with Crippen LogP contribution < -0.4 is 17.1 Å². The van der Waals surface area contributed by atoms with Crippen molar-refractivity contribution < 1.29 is 41.8 Å². The highest BCUT2D eigenvalue weighted by atomic mass is 19.1. The van der Waals surface area contributed by atoms with Gasteiger partial charge in [-0.2, -0.15) is 0 Å². The monoisotopic (exact) mass is 1210 g/mol. The number of nitrogens with zero attached hydrogens (tertiary/aromatic N) is 9. The van der Waals surface area contributed by atoms with E-state index < -0.39 is 0 Å². The maximum absolute atomic E-state index is 13.7. The van der Waals surface area contributed by atoms with E-state index in [-0.39, 0.29) is 87.5 Å². The summed E-state index contributed by atoms with van der Waals surface area (Å²) >= 11 is 0. The second kappa shape index (κ2) is 26.7. The number of benzene rings is 3. The zero-order valence-corrected chi connectivity index (χ0v) is 51.4. The van der Waals surface area contributed by atoms with Gasteiger partial charge in [0, 0.05) is 113 Å². The summed E-state index contributed by atoms with van der Waals surface area (Å²) in [4.78, 5) is 95.1. The topological polar surface area (TPSA) is 212 Å². The number of likely N-dealkylation sites (tertiary alicyclic amines) is 6. The molecule has 3 unspecified atom stereocenters. The van der Waals surface area contributed by atoms with Gasteiger partial charge in [-0.25, -0.2) is 41.9 Å². The lowest BCUT2D eigenvalue weighted by Gasteiger charge is -2.43. The molecule has 6 aromatic rings. The normalized spacial score (nSPS) is 23.8. The highest BCUT2D eigenvalue weighted by Gasteiger charge is 2.46. The van der Waals surface area contributed by atoms with Crippen molar-refractivity contribution in [2.45, 2.75) is 153 Å². The first-order valence-electron chi connectivity index (χ1n) is 31.4. The Labute approximate surface area is 504 Å². The van der Waals surface area contributed by atoms with Crippen LogP contribution in [0, 0.1) is 17.5 Å². The fraction of sp³-hybridized carbons (Fsp3) is 0.619. The predicted molar refractivity (Wildman–Crippen MR) is 326 cm³/mol. The molecule has 6 fully saturated rings. The molecule has 0 radical (unpaired) electrons. The van der Waals surface area contributed by atoms with Crippen molar-refractivity contribution in [3.05, 3.63) is 104 Å². The lowest BCUT2D eigenvalue weighted by atomic mass is 9.94. The Morgan fingerprint density at radius 1 is 0.437 bits per heavy atom. The lowest BCUT2D eigenvalue weighted by Crippen LogP contribution is -2.52. The van der Waals surface area contributed by atoms with Crippen LogP contribution in [0.4, 0.5) is 27.6 Å². The molecule has 9 heterocycles. The molecule has 3 atom stereocenters. The Kier molecular flexibility index (Phi) is 19.4. The highest BCUT2D eigenvalue weighted by molar-refractivity contribution is 5.77. The van der Waals surface area contributed by atoms with Crippen molar-refractivity contribution in [2.75, 3.05) is 98.4 Å². The Balaban J connectivity index is 0.000000144. The van der Waals surface area contributed by atoms with Crippen molar-refractivity contribution in [1.82, 2.24) is 58.1 Å². The molecule has 12 rings (SSSR count). The second-order valence-electron chi connectivity index (χ2n) is 25.4. The standard InChI is InChI=1S/3C21H29FN4O3/c3*1-3-12-29-20(28)24-11-8-21(2,14-24)25-9-6-16(7-10-25)26-18-13-15(22)4-5-17(18)23-19(26)27/h3*4-5,13,16H,3,6-12,14H2,1-2H3,(H,23,27). The summed E-state index contributed by atoms with van der Waals surface area (Å²) in [7, 11) is 0. The van der Waals surface area contributed by atoms with Gasteiger partial charge in [0.25, 0.3) is 0 Å². The number of aromatic nitrogens is 6. The van der Waals surface area contributed by atoms with Crippen molar-refractivity contribution in [3.63, 3.8) is 0 Å². The van der Waals surface area contributed by atoms with Crippen LogP contribution in [0.5, 0.6) is 0 Å². The number of nitrogens with one attached hydrogen (secondary N) is 3. The number of rotatable bonds is 12. The second-order valence-corrected chi connectivity index (χ2v) is 25.4. The first kappa shape index (κ1) is 63.0. The molecule has 6 aliphatic rings. The molecular weight excluding hydrogens is 1130 g/mol. The molecule has 3 aromatic carbocycles. The van der Waals surface area contributed by atoms with Gasteiger partial charge in [-0.05, 0) is 152 Å². The summed E-state index contributed by atoms with van der Waals surface area (Å²) in [5.41, 5.74) is 3.13. The summed E-state index contributed by atoms with van der Waals surface area (Å²) in [6, 6.07) is 13.4. The lowest BCUT2D eigenvalue weighted by molar-refractivity contribution is 0.0632. The molecule has 6 saturated heterocycles. The minimum absolute atomic E-state index is 0.0462. The number of carbonyl (C=O) groups excluding carboxylic acids is 3. The SMILES string of the molecule is CCCOC(=O)N1CCC(C)(N2CCC(n3c(=O)[nH]c4ccc(F)cc43)CC2)C1.CCCOC(=O)N1CCC(C)(N2CCC(n3c(=O)[nH]c4ccc(F)cc43)CC2)C1.CCCOC(=O)N1CCC(C)(N2CCC(n3c(=O)[nH]c4ccc(F)cc43)CC2)C1. The van der Waals surface area contributed by atoms with Gasteiger partial charge >= 0.3 is 35.3 Å². The summed E-state index contributed by atoms with van der Waals surface area (Å²) in [6.45, 7) is 23.1. The van der Waals surface area contributed by atoms with Crippen molar-refractivity contribution in [3.8, 4) is 0 Å². The summed E-state index contributed by atoms with van der Waals surface area (Å²) < 4.78 is 62.1. The number of H-pyrrole nitrogens is 3. The van der Waals surface area contributed by atoms with Gasteiger partial charge in [0.2, 0.25) is 0 Å². The molecule has 6 aliphatic heterocycles. The molecule has 0 aliphatic carbocycles. The van der Waals surface area contributed by atoms with Gasteiger partial charge < -0.3 is 43.9 Å². The van der Waals surface area contributed by atoms with Crippen molar-refractivity contribution in [2.24, 2.45) is 0 Å². The molecular formula is C63H87F3N12O9. The van der Waals surface area contributed by atoms with E-state index >= 15 is 0 Å². The fourth-order valence-corrected chi connectivity index (χ4v) is 14.3. The Hall–Kier alpha value is -7.05. The third-order valence-corrected chi connectivity index (χ3v) is 19.2. The predicted octanol–water partition coefficient (Wildman–Crippen LogP) is 9.35. The maximum Gasteiger partial charge on any atom is 0.409 e. The minimum atomic E-state index is -0.337. The number of hydrogen-bond donors (Lipinski definition) is 3. The van der Waals surface area contributed by atoms with Crippen LogP contribution in [-0.2, 0) is 14.2 Å². The Bertz CT molecular complexity index is 3210. The highest BCUT2D eigenvalue weighted by Crippen LogP contribution is 2.38. The van der Waals surface area contributed by atoms with E-state index in [9.17, 15) is 41.9 Å². The van der Waals surface area contributed by atoms with Crippen LogP contribution in [0.25, 0.3) is 33.1 Å². The Morgan fingerprint density at radius 3 is 0.931 bits per heavy atom.